The van der Waals surface area contributed by atoms with E-state index in [-0.39, 0.29) is 0 Å². The van der Waals surface area contributed by atoms with Crippen LogP contribution in [0.2, 0.25) is 5.02 Å². The molecule has 1 N–H and O–H groups in total. The molecule has 1 heterocycles. The summed E-state index contributed by atoms with van der Waals surface area (Å²) in [7, 11) is 0. The third-order valence-electron chi connectivity index (χ3n) is 4.27. The van der Waals surface area contributed by atoms with Crippen LogP contribution in [-0.2, 0) is 12.8 Å². The minimum absolute atomic E-state index is 0.457. The molecule has 18 heavy (non-hydrogen) atoms. The van der Waals surface area contributed by atoms with Crippen molar-refractivity contribution in [3.63, 3.8) is 0 Å². The van der Waals surface area contributed by atoms with Crippen molar-refractivity contribution in [1.82, 2.24) is 0 Å². The van der Waals surface area contributed by atoms with Gasteiger partial charge in [0.25, 0.3) is 0 Å². The molecule has 1 aliphatic carbocycles. The highest BCUT2D eigenvalue weighted by Gasteiger charge is 2.43. The molecule has 1 unspecified atom stereocenters. The normalized spacial score (nSPS) is 21.3. The molecule has 0 radical (unpaired) electrons. The highest BCUT2D eigenvalue weighted by molar-refractivity contribution is 6.30. The SMILES string of the molecule is CCC(O)(Cc1cc(Cl)cc2c1OCC2)C1CC1. The van der Waals surface area contributed by atoms with Gasteiger partial charge in [-0.15, -0.1) is 0 Å². The maximum Gasteiger partial charge on any atom is 0.126 e. The van der Waals surface area contributed by atoms with Gasteiger partial charge in [-0.05, 0) is 48.4 Å². The Bertz CT molecular complexity index is 468. The van der Waals surface area contributed by atoms with Gasteiger partial charge in [-0.1, -0.05) is 18.5 Å². The van der Waals surface area contributed by atoms with Gasteiger partial charge in [-0.25, -0.2) is 0 Å². The maximum atomic E-state index is 10.7. The molecular weight excluding hydrogens is 248 g/mol. The highest BCUT2D eigenvalue weighted by Crippen LogP contribution is 2.45. The minimum atomic E-state index is -0.579. The molecule has 0 saturated heterocycles. The van der Waals surface area contributed by atoms with Gasteiger partial charge in [-0.2, -0.15) is 0 Å². The van der Waals surface area contributed by atoms with Crippen LogP contribution >= 0.6 is 11.6 Å². The van der Waals surface area contributed by atoms with Crippen molar-refractivity contribution >= 4 is 11.6 Å². The standard InChI is InChI=1S/C15H19ClO2/c1-2-15(17,12-3-4-12)9-11-8-13(16)7-10-5-6-18-14(10)11/h7-8,12,17H,2-6,9H2,1H3. The fourth-order valence-corrected chi connectivity index (χ4v) is 3.25. The van der Waals surface area contributed by atoms with Crippen LogP contribution in [0.25, 0.3) is 0 Å². The molecule has 0 aromatic heterocycles. The largest absolute Gasteiger partial charge is 0.493 e. The van der Waals surface area contributed by atoms with Crippen LogP contribution in [0.1, 0.15) is 37.3 Å². The lowest BCUT2D eigenvalue weighted by Gasteiger charge is -2.27. The van der Waals surface area contributed by atoms with Crippen molar-refractivity contribution in [2.24, 2.45) is 5.92 Å². The second-order valence-electron chi connectivity index (χ2n) is 5.56. The summed E-state index contributed by atoms with van der Waals surface area (Å²) in [4.78, 5) is 0. The Morgan fingerprint density at radius 2 is 2.22 bits per heavy atom. The summed E-state index contributed by atoms with van der Waals surface area (Å²) in [6.07, 6.45) is 4.68. The van der Waals surface area contributed by atoms with E-state index >= 15 is 0 Å². The molecule has 3 rings (SSSR count). The topological polar surface area (TPSA) is 29.5 Å². The third-order valence-corrected chi connectivity index (χ3v) is 4.49. The molecule has 0 bridgehead atoms. The van der Waals surface area contributed by atoms with Crippen molar-refractivity contribution in [3.8, 4) is 5.75 Å². The summed E-state index contributed by atoms with van der Waals surface area (Å²) in [5, 5.41) is 11.5. The molecule has 0 amide bonds. The van der Waals surface area contributed by atoms with Crippen LogP contribution < -0.4 is 4.74 Å². The molecule has 0 spiro atoms. The van der Waals surface area contributed by atoms with E-state index in [4.69, 9.17) is 16.3 Å². The first kappa shape index (κ1) is 12.3. The van der Waals surface area contributed by atoms with Crippen molar-refractivity contribution in [2.75, 3.05) is 6.61 Å². The molecule has 3 heteroatoms. The lowest BCUT2D eigenvalue weighted by atomic mass is 9.86. The maximum absolute atomic E-state index is 10.7. The molecule has 1 fully saturated rings. The first-order chi connectivity index (χ1) is 8.62. The van der Waals surface area contributed by atoms with Crippen LogP contribution in [0, 0.1) is 5.92 Å². The summed E-state index contributed by atoms with van der Waals surface area (Å²) in [5.74, 6) is 1.42. The van der Waals surface area contributed by atoms with Gasteiger partial charge in [0.1, 0.15) is 5.75 Å². The fraction of sp³-hybridized carbons (Fsp3) is 0.600. The van der Waals surface area contributed by atoms with Crippen LogP contribution in [0.3, 0.4) is 0 Å². The van der Waals surface area contributed by atoms with E-state index in [0.717, 1.165) is 48.6 Å². The first-order valence-electron chi connectivity index (χ1n) is 6.79. The number of halogens is 1. The quantitative estimate of drug-likeness (QED) is 0.905. The Balaban J connectivity index is 1.92. The van der Waals surface area contributed by atoms with Gasteiger partial charge in [0, 0.05) is 17.9 Å². The van der Waals surface area contributed by atoms with Gasteiger partial charge < -0.3 is 9.84 Å². The Kier molecular flexibility index (Phi) is 3.03. The smallest absolute Gasteiger partial charge is 0.126 e. The third kappa shape index (κ3) is 2.12. The van der Waals surface area contributed by atoms with Crippen molar-refractivity contribution in [1.29, 1.82) is 0 Å². The van der Waals surface area contributed by atoms with Gasteiger partial charge in [0.15, 0.2) is 0 Å². The van der Waals surface area contributed by atoms with Crippen LogP contribution in [0.15, 0.2) is 12.1 Å². The average molecular weight is 267 g/mol. The molecule has 2 nitrogen and oxygen atoms in total. The van der Waals surface area contributed by atoms with E-state index in [0.29, 0.717) is 12.3 Å². The molecule has 1 saturated carbocycles. The van der Waals surface area contributed by atoms with E-state index in [9.17, 15) is 5.11 Å². The number of fused-ring (bicyclic) bond motifs is 1. The second kappa shape index (κ2) is 4.43. The second-order valence-corrected chi connectivity index (χ2v) is 6.00. The van der Waals surface area contributed by atoms with Crippen molar-refractivity contribution < 1.29 is 9.84 Å². The number of ether oxygens (including phenoxy) is 1. The first-order valence-corrected chi connectivity index (χ1v) is 7.16. The number of hydrogen-bond acceptors (Lipinski definition) is 2. The van der Waals surface area contributed by atoms with E-state index < -0.39 is 5.60 Å². The van der Waals surface area contributed by atoms with Crippen molar-refractivity contribution in [3.05, 3.63) is 28.3 Å². The van der Waals surface area contributed by atoms with Crippen LogP contribution in [0.5, 0.6) is 5.75 Å². The molecule has 1 aromatic rings. The Morgan fingerprint density at radius 1 is 1.44 bits per heavy atom. The van der Waals surface area contributed by atoms with Crippen LogP contribution in [0.4, 0.5) is 0 Å². The van der Waals surface area contributed by atoms with Gasteiger partial charge in [0.2, 0.25) is 0 Å². The van der Waals surface area contributed by atoms with Gasteiger partial charge in [0.05, 0.1) is 12.2 Å². The Hall–Kier alpha value is -0.730. The van der Waals surface area contributed by atoms with Crippen molar-refractivity contribution in [2.45, 2.75) is 44.6 Å². The monoisotopic (exact) mass is 266 g/mol. The predicted octanol–water partition coefficient (Wildman–Crippen LogP) is 3.37. The summed E-state index contributed by atoms with van der Waals surface area (Å²) >= 11 is 6.16. The lowest BCUT2D eigenvalue weighted by molar-refractivity contribution is 0.0134. The molecule has 98 valence electrons. The lowest BCUT2D eigenvalue weighted by Crippen LogP contribution is -2.33. The number of benzene rings is 1. The average Bonchev–Trinajstić information content (AvgIpc) is 3.09. The Morgan fingerprint density at radius 3 is 2.89 bits per heavy atom. The number of hydrogen-bond donors (Lipinski definition) is 1. The zero-order chi connectivity index (χ0) is 12.8. The zero-order valence-corrected chi connectivity index (χ0v) is 11.5. The highest BCUT2D eigenvalue weighted by atomic mass is 35.5. The summed E-state index contributed by atoms with van der Waals surface area (Å²) in [5.41, 5.74) is 1.68. The molecule has 1 atom stereocenters. The molecule has 2 aliphatic rings. The number of rotatable bonds is 4. The van der Waals surface area contributed by atoms with Crippen LogP contribution in [-0.4, -0.2) is 17.3 Å². The van der Waals surface area contributed by atoms with E-state index in [1.165, 1.54) is 5.56 Å². The van der Waals surface area contributed by atoms with E-state index in [2.05, 4.69) is 6.92 Å². The fourth-order valence-electron chi connectivity index (χ4n) is 2.99. The predicted molar refractivity (Wildman–Crippen MR) is 72.3 cm³/mol. The van der Waals surface area contributed by atoms with Gasteiger partial charge >= 0.3 is 0 Å². The summed E-state index contributed by atoms with van der Waals surface area (Å²) in [6, 6.07) is 3.93. The van der Waals surface area contributed by atoms with Gasteiger partial charge in [-0.3, -0.25) is 0 Å². The number of aliphatic hydroxyl groups is 1. The minimum Gasteiger partial charge on any atom is -0.493 e. The summed E-state index contributed by atoms with van der Waals surface area (Å²) < 4.78 is 5.71. The zero-order valence-electron chi connectivity index (χ0n) is 10.7. The van der Waals surface area contributed by atoms with E-state index in [1.54, 1.807) is 0 Å². The van der Waals surface area contributed by atoms with E-state index in [1.807, 2.05) is 12.1 Å². The molecule has 1 aromatic carbocycles. The molecule has 1 aliphatic heterocycles. The Labute approximate surface area is 113 Å². The molecular formula is C15H19ClO2. The summed E-state index contributed by atoms with van der Waals surface area (Å²) in [6.45, 7) is 2.79.